The molecule has 1 unspecified atom stereocenters. The first-order valence-electron chi connectivity index (χ1n) is 10.1. The van der Waals surface area contributed by atoms with Gasteiger partial charge in [-0.15, -0.1) is 0 Å². The van der Waals surface area contributed by atoms with Gasteiger partial charge in [0.1, 0.15) is 17.3 Å². The second-order valence-electron chi connectivity index (χ2n) is 7.82. The Morgan fingerprint density at radius 2 is 1.67 bits per heavy atom. The van der Waals surface area contributed by atoms with Crippen molar-refractivity contribution in [3.05, 3.63) is 82.9 Å². The summed E-state index contributed by atoms with van der Waals surface area (Å²) in [5.41, 5.74) is 1.50. The number of nitrogens with zero attached hydrogens (tertiary/aromatic N) is 1. The van der Waals surface area contributed by atoms with Crippen molar-refractivity contribution in [2.75, 3.05) is 11.7 Å². The second-order valence-corrected chi connectivity index (χ2v) is 7.82. The lowest BCUT2D eigenvalue weighted by atomic mass is 9.95. The van der Waals surface area contributed by atoms with Crippen molar-refractivity contribution >= 4 is 23.1 Å². The highest BCUT2D eigenvalue weighted by molar-refractivity contribution is 6.52. The molecule has 0 aromatic heterocycles. The fraction of sp³-hybridized carbons (Fsp3) is 0.120. The predicted molar refractivity (Wildman–Crippen MR) is 118 cm³/mol. The number of phenols is 2. The van der Waals surface area contributed by atoms with Crippen LogP contribution in [0.4, 0.5) is 5.69 Å². The Balaban J connectivity index is 1.73. The summed E-state index contributed by atoms with van der Waals surface area (Å²) in [6.07, 6.45) is 0. The minimum absolute atomic E-state index is 0.00451. The van der Waals surface area contributed by atoms with Gasteiger partial charge >= 0.3 is 0 Å². The summed E-state index contributed by atoms with van der Waals surface area (Å²) in [5.74, 6) is -1.45. The van der Waals surface area contributed by atoms with E-state index in [1.807, 2.05) is 0 Å². The molecule has 1 fully saturated rings. The molecule has 3 aromatic carbocycles. The number of hydrogen-bond donors (Lipinski definition) is 3. The zero-order chi connectivity index (χ0) is 23.3. The Hall–Kier alpha value is -4.46. The molecule has 0 saturated carbocycles. The van der Waals surface area contributed by atoms with Gasteiger partial charge in [0.25, 0.3) is 11.7 Å². The molecule has 0 bridgehead atoms. The van der Waals surface area contributed by atoms with Gasteiger partial charge in [0.15, 0.2) is 11.5 Å². The average molecular weight is 445 g/mol. The fourth-order valence-corrected chi connectivity index (χ4v) is 4.08. The maximum absolute atomic E-state index is 13.2. The van der Waals surface area contributed by atoms with E-state index in [0.29, 0.717) is 17.1 Å². The van der Waals surface area contributed by atoms with Gasteiger partial charge in [-0.3, -0.25) is 14.5 Å². The molecule has 2 aliphatic rings. The monoisotopic (exact) mass is 445 g/mol. The first-order chi connectivity index (χ1) is 15.8. The van der Waals surface area contributed by atoms with Crippen LogP contribution in [0.1, 0.15) is 22.7 Å². The van der Waals surface area contributed by atoms with E-state index in [2.05, 4.69) is 0 Å². The predicted octanol–water partition coefficient (Wildman–Crippen LogP) is 3.76. The summed E-state index contributed by atoms with van der Waals surface area (Å²) in [7, 11) is 0. The van der Waals surface area contributed by atoms with Crippen molar-refractivity contribution in [3.63, 3.8) is 0 Å². The number of aryl methyl sites for hydroxylation is 1. The van der Waals surface area contributed by atoms with Gasteiger partial charge < -0.3 is 24.8 Å². The highest BCUT2D eigenvalue weighted by Gasteiger charge is 2.47. The van der Waals surface area contributed by atoms with Crippen LogP contribution in [-0.2, 0) is 9.59 Å². The van der Waals surface area contributed by atoms with Gasteiger partial charge in [-0.25, -0.2) is 0 Å². The summed E-state index contributed by atoms with van der Waals surface area (Å²) in [5, 5.41) is 31.4. The lowest BCUT2D eigenvalue weighted by molar-refractivity contribution is -0.132. The largest absolute Gasteiger partial charge is 0.508 e. The van der Waals surface area contributed by atoms with Crippen LogP contribution in [0.15, 0.2) is 66.2 Å². The van der Waals surface area contributed by atoms with Gasteiger partial charge in [-0.2, -0.15) is 0 Å². The molecule has 166 valence electrons. The van der Waals surface area contributed by atoms with Gasteiger partial charge in [0, 0.05) is 5.56 Å². The third-order valence-corrected chi connectivity index (χ3v) is 5.69. The molecule has 8 nitrogen and oxygen atoms in total. The molecule has 8 heteroatoms. The molecule has 2 aliphatic heterocycles. The number of hydrogen-bond acceptors (Lipinski definition) is 7. The molecule has 2 heterocycles. The maximum atomic E-state index is 13.2. The molecule has 5 rings (SSSR count). The first kappa shape index (κ1) is 20.4. The lowest BCUT2D eigenvalue weighted by Crippen LogP contribution is -2.29. The second kappa shape index (κ2) is 7.59. The van der Waals surface area contributed by atoms with Crippen LogP contribution in [0.5, 0.6) is 23.0 Å². The van der Waals surface area contributed by atoms with Crippen LogP contribution in [0.25, 0.3) is 5.76 Å². The lowest BCUT2D eigenvalue weighted by Gasteiger charge is -2.26. The number of anilines is 1. The number of Topliss-reactive ketones (excluding diaryl/α,β-unsaturated/α-hetero) is 1. The number of phenolic OH excluding ortho intramolecular Hbond substituents is 2. The van der Waals surface area contributed by atoms with Crippen molar-refractivity contribution in [1.82, 2.24) is 0 Å². The molecule has 3 aromatic rings. The van der Waals surface area contributed by atoms with E-state index in [-0.39, 0.29) is 40.9 Å². The van der Waals surface area contributed by atoms with E-state index in [1.165, 1.54) is 24.3 Å². The highest BCUT2D eigenvalue weighted by Crippen LogP contribution is 2.46. The molecule has 0 radical (unpaired) electrons. The number of aromatic hydroxyl groups is 2. The minimum Gasteiger partial charge on any atom is -0.508 e. The Kier molecular flexibility index (Phi) is 4.70. The first-order valence-corrected chi connectivity index (χ1v) is 10.1. The van der Waals surface area contributed by atoms with Gasteiger partial charge in [0.05, 0.1) is 17.3 Å². The van der Waals surface area contributed by atoms with Crippen molar-refractivity contribution < 1.29 is 34.4 Å². The van der Waals surface area contributed by atoms with E-state index >= 15 is 0 Å². The third-order valence-electron chi connectivity index (χ3n) is 5.69. The van der Waals surface area contributed by atoms with Crippen LogP contribution >= 0.6 is 0 Å². The molecule has 1 amide bonds. The van der Waals surface area contributed by atoms with Crippen LogP contribution in [0.3, 0.4) is 0 Å². The summed E-state index contributed by atoms with van der Waals surface area (Å²) >= 11 is 0. The smallest absolute Gasteiger partial charge is 0.300 e. The quantitative estimate of drug-likeness (QED) is 0.319. The third kappa shape index (κ3) is 3.32. The van der Waals surface area contributed by atoms with Gasteiger partial charge in [0.2, 0.25) is 6.79 Å². The molecule has 33 heavy (non-hydrogen) atoms. The Bertz CT molecular complexity index is 1330. The number of fused-ring (bicyclic) bond motifs is 1. The van der Waals surface area contributed by atoms with Gasteiger partial charge in [-0.1, -0.05) is 18.2 Å². The molecule has 3 N–H and O–H groups in total. The van der Waals surface area contributed by atoms with Crippen molar-refractivity contribution in [2.24, 2.45) is 0 Å². The van der Waals surface area contributed by atoms with E-state index in [9.17, 15) is 24.9 Å². The number of ether oxygens (including phenoxy) is 2. The summed E-state index contributed by atoms with van der Waals surface area (Å²) in [6.45, 7) is 1.84. The van der Waals surface area contributed by atoms with E-state index in [4.69, 9.17) is 9.47 Å². The molecule has 0 spiro atoms. The van der Waals surface area contributed by atoms with Gasteiger partial charge in [-0.05, 0) is 60.5 Å². The number of benzene rings is 3. The summed E-state index contributed by atoms with van der Waals surface area (Å²) in [4.78, 5) is 27.5. The summed E-state index contributed by atoms with van der Waals surface area (Å²) < 4.78 is 10.7. The van der Waals surface area contributed by atoms with Crippen LogP contribution < -0.4 is 14.4 Å². The topological polar surface area (TPSA) is 117 Å². The molecule has 1 atom stereocenters. The van der Waals surface area contributed by atoms with Crippen molar-refractivity contribution in [3.8, 4) is 23.0 Å². The molecule has 0 aliphatic carbocycles. The standard InChI is InChI=1S/C25H19NO7/c1-13-2-8-18(28)17(10-13)26-22(14-3-6-16(27)7-4-14)21(24(30)25(26)31)23(29)15-5-9-19-20(11-15)33-12-32-19/h2-11,22,27-29H,12H2,1H3/b23-21-. The molecule has 1 saturated heterocycles. The van der Waals surface area contributed by atoms with E-state index in [0.717, 1.165) is 10.5 Å². The Morgan fingerprint density at radius 1 is 0.939 bits per heavy atom. The Morgan fingerprint density at radius 3 is 2.42 bits per heavy atom. The molecular formula is C25H19NO7. The number of rotatable bonds is 3. The highest BCUT2D eigenvalue weighted by atomic mass is 16.7. The number of carbonyl (C=O) groups excluding carboxylic acids is 2. The number of aliphatic hydroxyl groups is 1. The van der Waals surface area contributed by atoms with Crippen LogP contribution in [0, 0.1) is 6.92 Å². The van der Waals surface area contributed by atoms with Crippen LogP contribution in [0.2, 0.25) is 0 Å². The number of aliphatic hydroxyl groups excluding tert-OH is 1. The fourth-order valence-electron chi connectivity index (χ4n) is 4.08. The average Bonchev–Trinajstić information content (AvgIpc) is 3.38. The van der Waals surface area contributed by atoms with E-state index < -0.39 is 17.7 Å². The minimum atomic E-state index is -1.04. The van der Waals surface area contributed by atoms with Crippen LogP contribution in [-0.4, -0.2) is 33.8 Å². The Labute approximate surface area is 188 Å². The zero-order valence-electron chi connectivity index (χ0n) is 17.5. The maximum Gasteiger partial charge on any atom is 0.300 e. The number of carbonyl (C=O) groups is 2. The van der Waals surface area contributed by atoms with Crippen molar-refractivity contribution in [2.45, 2.75) is 13.0 Å². The van der Waals surface area contributed by atoms with E-state index in [1.54, 1.807) is 43.3 Å². The summed E-state index contributed by atoms with van der Waals surface area (Å²) in [6, 6.07) is 14.3. The molecular weight excluding hydrogens is 426 g/mol. The van der Waals surface area contributed by atoms with Crippen molar-refractivity contribution in [1.29, 1.82) is 0 Å². The number of ketones is 1. The number of amides is 1. The zero-order valence-corrected chi connectivity index (χ0v) is 17.5. The normalized spacial score (nSPS) is 18.7. The SMILES string of the molecule is Cc1ccc(O)c(N2C(=O)C(=O)/C(=C(\O)c3ccc4c(c3)OCO4)C2c2ccc(O)cc2)c1.